The first-order valence-corrected chi connectivity index (χ1v) is 32.6. The van der Waals surface area contributed by atoms with E-state index in [0.29, 0.717) is 39.1 Å². The molecule has 2 aromatic heterocycles. The van der Waals surface area contributed by atoms with Crippen LogP contribution in [0.1, 0.15) is 111 Å². The Labute approximate surface area is 548 Å². The molecule has 0 amide bonds. The molecule has 13 rings (SSSR count). The number of rotatable bonds is 11. The molecule has 89 heavy (non-hydrogen) atoms. The van der Waals surface area contributed by atoms with Crippen molar-refractivity contribution in [1.82, 2.24) is 9.55 Å². The van der Waals surface area contributed by atoms with Crippen LogP contribution in [-0.4, -0.2) is 17.6 Å². The fourth-order valence-electron chi connectivity index (χ4n) is 13.5. The summed E-state index contributed by atoms with van der Waals surface area (Å²) in [5.41, 5.74) is 13.2. The number of benzene rings is 10. The van der Waals surface area contributed by atoms with Crippen LogP contribution in [0.5, 0.6) is 11.5 Å². The van der Waals surface area contributed by atoms with Gasteiger partial charge in [-0.2, -0.15) is 6.07 Å². The van der Waals surface area contributed by atoms with E-state index in [2.05, 4.69) is 300 Å². The second-order valence-electron chi connectivity index (χ2n) is 27.4. The molecule has 448 valence electrons. The topological polar surface area (TPSA) is 33.5 Å². The van der Waals surface area contributed by atoms with Crippen molar-refractivity contribution in [3.05, 3.63) is 284 Å². The minimum absolute atomic E-state index is 0. The first-order chi connectivity index (χ1) is 43.9. The summed E-state index contributed by atoms with van der Waals surface area (Å²) in [6.45, 7) is 30.1. The normalized spacial score (nSPS) is 13.6. The number of nitrogens with zero attached hydrogens (tertiary/aromatic N) is 4. The van der Waals surface area contributed by atoms with E-state index in [0.717, 1.165) is 44.6 Å². The van der Waals surface area contributed by atoms with Gasteiger partial charge in [-0.1, -0.05) is 271 Å². The van der Waals surface area contributed by atoms with Gasteiger partial charge in [0.2, 0.25) is 0 Å². The van der Waals surface area contributed by atoms with Crippen LogP contribution in [-0.2, 0) is 42.7 Å². The average Bonchev–Trinajstić information content (AvgIpc) is 1.69. The maximum absolute atomic E-state index is 9.40. The van der Waals surface area contributed by atoms with E-state index in [1.54, 1.807) is 6.20 Å². The van der Waals surface area contributed by atoms with Crippen molar-refractivity contribution < 1.29 is 31.3 Å². The van der Waals surface area contributed by atoms with E-state index in [-0.39, 0.29) is 66.9 Å². The molecule has 0 bridgehead atoms. The van der Waals surface area contributed by atoms with Crippen LogP contribution < -0.4 is 35.3 Å². The number of fused-ring (bicyclic) bond motifs is 4. The van der Waals surface area contributed by atoms with Gasteiger partial charge in [0, 0.05) is 72.5 Å². The average molecular weight is 1360 g/mol. The van der Waals surface area contributed by atoms with Crippen LogP contribution in [0.4, 0.5) is 22.7 Å². The number of para-hydroxylation sites is 3. The standard InChI is InChI=1S/C82H77N4OSi.Pt/c1-79(2,3)58-48-49-83-72(50-58)86-68-43-29-28-42-66(68)67-47-46-60(54-71(67)86)87-61-51-59(52-65(53-61)88(62-36-22-15-23-37-62,63-38-24-16-25-39-63)64-40-26-17-27-41-64)84-55-85(70-45-31-30-44-69(70)84)78-73(56-32-18-13-19-33-56)75(80(4,5)6)77(82(10,11)12)76(81(7,8)9)74(78)57-34-20-14-21-35-57;/h13-50,52-53,55H,1-12H3;/q-3;/i28D,29D,42D,43D;. The molecule has 0 unspecified atom stereocenters. The summed E-state index contributed by atoms with van der Waals surface area (Å²) < 4.78 is 45.7. The summed E-state index contributed by atoms with van der Waals surface area (Å²) in [5.74, 6) is 1.32. The third kappa shape index (κ3) is 11.0. The van der Waals surface area contributed by atoms with E-state index in [4.69, 9.17) is 12.5 Å². The Kier molecular flexibility index (Phi) is 14.7. The Morgan fingerprint density at radius 2 is 0.944 bits per heavy atom. The summed E-state index contributed by atoms with van der Waals surface area (Å²) >= 11 is 0. The number of aromatic nitrogens is 2. The maximum atomic E-state index is 9.40. The van der Waals surface area contributed by atoms with Crippen molar-refractivity contribution in [1.29, 1.82) is 0 Å². The van der Waals surface area contributed by atoms with E-state index >= 15 is 0 Å². The number of anilines is 4. The molecule has 5 nitrogen and oxygen atoms in total. The minimum Gasteiger partial charge on any atom is -0.509 e. The zero-order valence-electron chi connectivity index (χ0n) is 56.9. The molecule has 0 fully saturated rings. The first kappa shape index (κ1) is 55.7. The number of hydrogen-bond donors (Lipinski definition) is 0. The van der Waals surface area contributed by atoms with Crippen LogP contribution in [0.2, 0.25) is 0 Å². The smallest absolute Gasteiger partial charge is 0.155 e. The first-order valence-electron chi connectivity index (χ1n) is 32.6. The van der Waals surface area contributed by atoms with Crippen molar-refractivity contribution in [2.24, 2.45) is 0 Å². The number of hydrogen-bond acceptors (Lipinski definition) is 4. The van der Waals surface area contributed by atoms with Crippen LogP contribution in [0.25, 0.3) is 49.9 Å². The Hall–Kier alpha value is -8.54. The third-order valence-corrected chi connectivity index (χ3v) is 22.0. The van der Waals surface area contributed by atoms with Gasteiger partial charge in [-0.05, 0) is 106 Å². The number of pyridine rings is 1. The van der Waals surface area contributed by atoms with Crippen molar-refractivity contribution in [3.63, 3.8) is 0 Å². The second kappa shape index (κ2) is 23.4. The van der Waals surface area contributed by atoms with E-state index in [1.165, 1.54) is 43.4 Å². The van der Waals surface area contributed by atoms with Gasteiger partial charge < -0.3 is 19.1 Å². The van der Waals surface area contributed by atoms with E-state index in [9.17, 15) is 2.74 Å². The monoisotopic (exact) mass is 1360 g/mol. The zero-order chi connectivity index (χ0) is 64.8. The van der Waals surface area contributed by atoms with Gasteiger partial charge in [0.05, 0.1) is 5.48 Å². The molecule has 10 aromatic carbocycles. The van der Waals surface area contributed by atoms with Gasteiger partial charge >= 0.3 is 0 Å². The summed E-state index contributed by atoms with van der Waals surface area (Å²) in [5, 5.41) is 5.62. The van der Waals surface area contributed by atoms with Crippen LogP contribution in [0.3, 0.4) is 0 Å². The van der Waals surface area contributed by atoms with Crippen molar-refractivity contribution in [3.8, 4) is 39.6 Å². The molecule has 1 aliphatic rings. The molecule has 0 aliphatic carbocycles. The molecule has 0 atom stereocenters. The Bertz CT molecular complexity index is 4610. The van der Waals surface area contributed by atoms with Gasteiger partial charge in [-0.15, -0.1) is 53.3 Å². The molecule has 1 aliphatic heterocycles. The molecule has 0 saturated carbocycles. The summed E-state index contributed by atoms with van der Waals surface area (Å²) in [6, 6.07) is 82.3. The molecule has 0 radical (unpaired) electrons. The summed E-state index contributed by atoms with van der Waals surface area (Å²) in [4.78, 5) is 9.63. The number of ether oxygens (including phenoxy) is 1. The quantitative estimate of drug-likeness (QED) is 0.0734. The Morgan fingerprint density at radius 3 is 1.45 bits per heavy atom. The molecule has 0 saturated heterocycles. The molecule has 0 N–H and O–H groups in total. The van der Waals surface area contributed by atoms with Crippen molar-refractivity contribution in [2.45, 2.75) is 105 Å². The largest absolute Gasteiger partial charge is 0.509 e. The summed E-state index contributed by atoms with van der Waals surface area (Å²) in [6.07, 6.45) is 1.76. The third-order valence-electron chi connectivity index (χ3n) is 17.2. The SMILES string of the molecule is [2H]c1c([2H])c([2H])c2c(c1[2H])c1ccc(Oc3[c-]c(N4[CH-]N(c5c(-c6ccccc6)c(C(C)(C)C)c(C(C)(C)C)c(C(C)(C)C)c5-c5ccccc5)c5ccccc54)cc([Si](c4ccccc4)(c4ccccc4)c4ccccc4)c3)[c-]c1n2-c1cc(C(C)(C)C)ccn1.[Pt]. The molecule has 12 aromatic rings. The van der Waals surface area contributed by atoms with E-state index < -0.39 is 8.07 Å². The minimum atomic E-state index is -3.31. The fraction of sp³-hybridized carbons (Fsp3) is 0.195. The Balaban J connectivity index is 0.00000832. The molecule has 3 heterocycles. The summed E-state index contributed by atoms with van der Waals surface area (Å²) in [7, 11) is -3.31. The fourth-order valence-corrected chi connectivity index (χ4v) is 18.3. The van der Waals surface area contributed by atoms with Crippen LogP contribution >= 0.6 is 0 Å². The predicted molar refractivity (Wildman–Crippen MR) is 374 cm³/mol. The van der Waals surface area contributed by atoms with Crippen molar-refractivity contribution in [2.75, 3.05) is 9.80 Å². The molecule has 0 spiro atoms. The van der Waals surface area contributed by atoms with Gasteiger partial charge in [0.15, 0.2) is 8.07 Å². The van der Waals surface area contributed by atoms with Crippen LogP contribution in [0.15, 0.2) is 243 Å². The van der Waals surface area contributed by atoms with Gasteiger partial charge in [0.25, 0.3) is 0 Å². The van der Waals surface area contributed by atoms with Gasteiger partial charge in [-0.25, -0.2) is 4.98 Å². The van der Waals surface area contributed by atoms with Crippen LogP contribution in [0, 0.1) is 18.8 Å². The maximum Gasteiger partial charge on any atom is 0.155 e. The molecular weight excluding hydrogens is 1280 g/mol. The molecule has 7 heteroatoms. The van der Waals surface area contributed by atoms with Gasteiger partial charge in [0.1, 0.15) is 5.82 Å². The van der Waals surface area contributed by atoms with E-state index in [1.807, 2.05) is 28.8 Å². The predicted octanol–water partition coefficient (Wildman–Crippen LogP) is 18.9. The van der Waals surface area contributed by atoms with Crippen molar-refractivity contribution >= 4 is 73.4 Å². The second-order valence-corrected chi connectivity index (χ2v) is 31.2. The Morgan fingerprint density at radius 1 is 0.461 bits per heavy atom. The zero-order valence-corrected chi connectivity index (χ0v) is 56.1. The van der Waals surface area contributed by atoms with Gasteiger partial charge in [-0.3, -0.25) is 0 Å². The molecular formula is C82H77N4OPtSi-3.